The molecule has 2 amide bonds. The molecule has 0 bridgehead atoms. The molecule has 0 aromatic heterocycles. The molecule has 1 saturated carbocycles. The number of urea groups is 1. The zero-order valence-corrected chi connectivity index (χ0v) is 12.8. The van der Waals surface area contributed by atoms with Gasteiger partial charge in [0.1, 0.15) is 0 Å². The molecule has 2 N–H and O–H groups in total. The highest BCUT2D eigenvalue weighted by molar-refractivity contribution is 9.10. The predicted molar refractivity (Wildman–Crippen MR) is 80.1 cm³/mol. The second-order valence-corrected chi connectivity index (χ2v) is 5.67. The first kappa shape index (κ1) is 15.3. The van der Waals surface area contributed by atoms with Gasteiger partial charge in [-0.25, -0.2) is 9.59 Å². The van der Waals surface area contributed by atoms with E-state index in [9.17, 15) is 9.59 Å². The normalized spacial score (nSPS) is 13.3. The van der Waals surface area contributed by atoms with Crippen LogP contribution in [0.15, 0.2) is 22.7 Å². The van der Waals surface area contributed by atoms with Gasteiger partial charge in [-0.3, -0.25) is 0 Å². The number of nitrogens with one attached hydrogen (secondary N) is 1. The van der Waals surface area contributed by atoms with Gasteiger partial charge < -0.3 is 15.3 Å². The molecule has 0 radical (unpaired) electrons. The molecule has 1 aliphatic rings. The van der Waals surface area contributed by atoms with Crippen LogP contribution in [0.1, 0.15) is 29.6 Å². The predicted octanol–water partition coefficient (Wildman–Crippen LogP) is 3.06. The number of rotatable bonds is 5. The van der Waals surface area contributed by atoms with E-state index in [4.69, 9.17) is 10.4 Å². The Morgan fingerprint density at radius 2 is 2.19 bits per heavy atom. The average Bonchev–Trinajstić information content (AvgIpc) is 3.23. The summed E-state index contributed by atoms with van der Waals surface area (Å²) in [6.45, 7) is 0.351. The Bertz CT molecular complexity index is 608. The Morgan fingerprint density at radius 3 is 2.76 bits per heavy atom. The minimum absolute atomic E-state index is 0.0302. The number of nitrogens with zero attached hydrogens (tertiary/aromatic N) is 2. The Balaban J connectivity index is 2.16. The first-order chi connectivity index (χ1) is 10.0. The number of benzene rings is 1. The van der Waals surface area contributed by atoms with Crippen LogP contribution >= 0.6 is 15.9 Å². The summed E-state index contributed by atoms with van der Waals surface area (Å²) in [7, 11) is 0. The van der Waals surface area contributed by atoms with E-state index in [2.05, 4.69) is 21.2 Å². The summed E-state index contributed by atoms with van der Waals surface area (Å²) >= 11 is 3.25. The molecule has 2 rings (SSSR count). The number of anilines is 1. The Hall–Kier alpha value is -2.07. The Morgan fingerprint density at radius 1 is 1.48 bits per heavy atom. The molecule has 1 aliphatic carbocycles. The van der Waals surface area contributed by atoms with Gasteiger partial charge in [0.2, 0.25) is 0 Å². The van der Waals surface area contributed by atoms with Gasteiger partial charge in [0, 0.05) is 17.1 Å². The lowest BCUT2D eigenvalue weighted by Crippen LogP contribution is -2.37. The molecule has 1 fully saturated rings. The van der Waals surface area contributed by atoms with Crippen molar-refractivity contribution in [1.82, 2.24) is 4.90 Å². The summed E-state index contributed by atoms with van der Waals surface area (Å²) in [5.41, 5.74) is 0.270. The summed E-state index contributed by atoms with van der Waals surface area (Å²) in [6.07, 6.45) is 2.10. The maximum atomic E-state index is 12.3. The molecule has 110 valence electrons. The van der Waals surface area contributed by atoms with E-state index in [0.717, 1.165) is 12.8 Å². The number of carbonyl (C=O) groups excluding carboxylic acids is 1. The third-order valence-electron chi connectivity index (χ3n) is 3.17. The van der Waals surface area contributed by atoms with Crippen LogP contribution in [0.2, 0.25) is 0 Å². The average molecular weight is 352 g/mol. The topological polar surface area (TPSA) is 93.4 Å². The van der Waals surface area contributed by atoms with E-state index in [1.165, 1.54) is 6.07 Å². The van der Waals surface area contributed by atoms with Crippen molar-refractivity contribution in [3.63, 3.8) is 0 Å². The van der Waals surface area contributed by atoms with Gasteiger partial charge in [0.05, 0.1) is 23.7 Å². The molecular weight excluding hydrogens is 338 g/mol. The van der Waals surface area contributed by atoms with Crippen molar-refractivity contribution < 1.29 is 14.7 Å². The molecule has 7 heteroatoms. The third kappa shape index (κ3) is 3.95. The molecule has 0 unspecified atom stereocenters. The molecule has 0 saturated heterocycles. The Labute approximate surface area is 130 Å². The maximum absolute atomic E-state index is 12.3. The lowest BCUT2D eigenvalue weighted by atomic mass is 10.2. The number of aromatic carboxylic acids is 1. The van der Waals surface area contributed by atoms with Crippen molar-refractivity contribution in [2.45, 2.75) is 25.3 Å². The minimum atomic E-state index is -1.10. The lowest BCUT2D eigenvalue weighted by molar-refractivity contribution is 0.0698. The molecule has 0 atom stereocenters. The van der Waals surface area contributed by atoms with E-state index in [-0.39, 0.29) is 29.7 Å². The molecule has 6 nitrogen and oxygen atoms in total. The standard InChI is InChI=1S/C14H14BrN3O3/c15-9-2-5-11(13(19)20)12(8-9)17-14(21)18(7-1-6-16)10-3-4-10/h2,5,8,10H,1,3-4,7H2,(H,17,21)(H,19,20). The number of carbonyl (C=O) groups is 2. The second kappa shape index (κ2) is 6.59. The van der Waals surface area contributed by atoms with Gasteiger partial charge in [-0.2, -0.15) is 5.26 Å². The van der Waals surface area contributed by atoms with Gasteiger partial charge in [0.15, 0.2) is 0 Å². The number of halogens is 1. The van der Waals surface area contributed by atoms with E-state index < -0.39 is 5.97 Å². The molecule has 1 aromatic rings. The summed E-state index contributed by atoms with van der Waals surface area (Å²) in [6, 6.07) is 6.39. The smallest absolute Gasteiger partial charge is 0.337 e. The zero-order valence-electron chi connectivity index (χ0n) is 11.2. The van der Waals surface area contributed by atoms with Crippen LogP contribution in [0.25, 0.3) is 0 Å². The van der Waals surface area contributed by atoms with Crippen LogP contribution in [0.3, 0.4) is 0 Å². The van der Waals surface area contributed by atoms with E-state index in [1.807, 2.05) is 6.07 Å². The number of nitriles is 1. The van der Waals surface area contributed by atoms with Gasteiger partial charge in [-0.05, 0) is 31.0 Å². The van der Waals surface area contributed by atoms with Crippen LogP contribution in [-0.4, -0.2) is 34.6 Å². The van der Waals surface area contributed by atoms with Gasteiger partial charge in [-0.15, -0.1) is 0 Å². The van der Waals surface area contributed by atoms with Gasteiger partial charge in [0.25, 0.3) is 0 Å². The third-order valence-corrected chi connectivity index (χ3v) is 3.66. The highest BCUT2D eigenvalue weighted by Crippen LogP contribution is 2.28. The van der Waals surface area contributed by atoms with Crippen LogP contribution in [-0.2, 0) is 0 Å². The Kier molecular flexibility index (Phi) is 4.81. The molecule has 0 heterocycles. The molecule has 0 spiro atoms. The molecule has 21 heavy (non-hydrogen) atoms. The largest absolute Gasteiger partial charge is 0.478 e. The van der Waals surface area contributed by atoms with Crippen molar-refractivity contribution in [1.29, 1.82) is 5.26 Å². The zero-order chi connectivity index (χ0) is 15.4. The van der Waals surface area contributed by atoms with E-state index >= 15 is 0 Å². The van der Waals surface area contributed by atoms with Crippen LogP contribution in [0.4, 0.5) is 10.5 Å². The highest BCUT2D eigenvalue weighted by Gasteiger charge is 2.32. The molecule has 0 aliphatic heterocycles. The number of amides is 2. The van der Waals surface area contributed by atoms with E-state index in [1.54, 1.807) is 17.0 Å². The van der Waals surface area contributed by atoms with Crippen LogP contribution in [0.5, 0.6) is 0 Å². The fourth-order valence-corrected chi connectivity index (χ4v) is 2.36. The highest BCUT2D eigenvalue weighted by atomic mass is 79.9. The number of hydrogen-bond donors (Lipinski definition) is 2. The SMILES string of the molecule is N#CCCN(C(=O)Nc1cc(Br)ccc1C(=O)O)C1CC1. The van der Waals surface area contributed by atoms with Crippen molar-refractivity contribution in [3.05, 3.63) is 28.2 Å². The fourth-order valence-electron chi connectivity index (χ4n) is 2.00. The van der Waals surface area contributed by atoms with Gasteiger partial charge >= 0.3 is 12.0 Å². The number of hydrogen-bond acceptors (Lipinski definition) is 3. The molecular formula is C14H14BrN3O3. The van der Waals surface area contributed by atoms with Crippen LogP contribution in [0, 0.1) is 11.3 Å². The first-order valence-electron chi connectivity index (χ1n) is 6.50. The van der Waals surface area contributed by atoms with Gasteiger partial charge in [-0.1, -0.05) is 15.9 Å². The van der Waals surface area contributed by atoms with Crippen molar-refractivity contribution in [2.75, 3.05) is 11.9 Å². The van der Waals surface area contributed by atoms with Crippen molar-refractivity contribution >= 4 is 33.6 Å². The van der Waals surface area contributed by atoms with E-state index in [0.29, 0.717) is 11.0 Å². The molecule has 1 aromatic carbocycles. The fraction of sp³-hybridized carbons (Fsp3) is 0.357. The van der Waals surface area contributed by atoms with Crippen molar-refractivity contribution in [2.24, 2.45) is 0 Å². The monoisotopic (exact) mass is 351 g/mol. The summed E-state index contributed by atoms with van der Waals surface area (Å²) < 4.78 is 0.679. The quantitative estimate of drug-likeness (QED) is 0.852. The second-order valence-electron chi connectivity index (χ2n) is 4.76. The van der Waals surface area contributed by atoms with Crippen LogP contribution < -0.4 is 5.32 Å². The maximum Gasteiger partial charge on any atom is 0.337 e. The minimum Gasteiger partial charge on any atom is -0.478 e. The summed E-state index contributed by atoms with van der Waals surface area (Å²) in [5.74, 6) is -1.10. The number of carboxylic acid groups (broad SMARTS) is 1. The first-order valence-corrected chi connectivity index (χ1v) is 7.29. The summed E-state index contributed by atoms with van der Waals surface area (Å²) in [5, 5.41) is 20.4. The number of carboxylic acids is 1. The lowest BCUT2D eigenvalue weighted by Gasteiger charge is -2.22. The van der Waals surface area contributed by atoms with Crippen molar-refractivity contribution in [3.8, 4) is 6.07 Å². The summed E-state index contributed by atoms with van der Waals surface area (Å²) in [4.78, 5) is 25.1.